The summed E-state index contributed by atoms with van der Waals surface area (Å²) in [6.07, 6.45) is 2.49. The summed E-state index contributed by atoms with van der Waals surface area (Å²) in [5.41, 5.74) is 4.82. The maximum absolute atomic E-state index is 12.3. The normalized spacial score (nSPS) is 10.9. The molecule has 0 heterocycles. The Morgan fingerprint density at radius 1 is 1.03 bits per heavy atom. The second-order valence-electron chi connectivity index (χ2n) is 6.80. The Labute approximate surface area is 209 Å². The molecule has 3 aromatic rings. The monoisotopic (exact) mass is 578 g/mol. The van der Waals surface area contributed by atoms with Crippen molar-refractivity contribution in [2.75, 3.05) is 6.61 Å². The van der Waals surface area contributed by atoms with Gasteiger partial charge >= 0.3 is 0 Å². The summed E-state index contributed by atoms with van der Waals surface area (Å²) in [5.74, 6) is 1.11. The average molecular weight is 581 g/mol. The summed E-state index contributed by atoms with van der Waals surface area (Å²) in [6.45, 7) is 3.09. The van der Waals surface area contributed by atoms with Gasteiger partial charge in [0.25, 0.3) is 5.91 Å². The van der Waals surface area contributed by atoms with Crippen molar-refractivity contribution in [1.29, 1.82) is 0 Å². The minimum Gasteiger partial charge on any atom is -0.494 e. The lowest BCUT2D eigenvalue weighted by Gasteiger charge is -2.11. The molecule has 32 heavy (non-hydrogen) atoms. The highest BCUT2D eigenvalue weighted by atomic mass is 79.9. The van der Waals surface area contributed by atoms with Crippen molar-refractivity contribution in [2.24, 2.45) is 5.10 Å². The van der Waals surface area contributed by atoms with Crippen molar-refractivity contribution in [3.05, 3.63) is 91.3 Å². The van der Waals surface area contributed by atoms with Gasteiger partial charge in [0.1, 0.15) is 18.1 Å². The lowest BCUT2D eigenvalue weighted by molar-refractivity contribution is 0.0955. The van der Waals surface area contributed by atoms with Crippen molar-refractivity contribution in [3.8, 4) is 11.5 Å². The summed E-state index contributed by atoms with van der Waals surface area (Å²) < 4.78 is 13.0. The molecule has 0 aliphatic heterocycles. The maximum atomic E-state index is 12.3. The highest BCUT2D eigenvalue weighted by Gasteiger charge is 2.09. The highest BCUT2D eigenvalue weighted by Crippen LogP contribution is 2.35. The molecule has 1 N–H and O–H groups in total. The number of carbonyl (C=O) groups is 1. The van der Waals surface area contributed by atoms with Crippen molar-refractivity contribution in [1.82, 2.24) is 5.43 Å². The van der Waals surface area contributed by atoms with Crippen LogP contribution in [0.15, 0.2) is 74.7 Å². The average Bonchev–Trinajstić information content (AvgIpc) is 2.78. The van der Waals surface area contributed by atoms with Gasteiger partial charge in [0, 0.05) is 10.6 Å². The number of hydrazone groups is 1. The van der Waals surface area contributed by atoms with Crippen LogP contribution in [0, 0.1) is 0 Å². The van der Waals surface area contributed by atoms with E-state index < -0.39 is 0 Å². The first-order valence-electron chi connectivity index (χ1n) is 9.89. The number of nitrogens with zero attached hydrogens (tertiary/aromatic N) is 1. The number of halogens is 3. The number of amides is 1. The first-order valence-corrected chi connectivity index (χ1v) is 11.8. The quantitative estimate of drug-likeness (QED) is 0.219. The molecule has 0 bridgehead atoms. The molecule has 0 radical (unpaired) electrons. The smallest absolute Gasteiger partial charge is 0.271 e. The fourth-order valence-electron chi connectivity index (χ4n) is 2.68. The van der Waals surface area contributed by atoms with Gasteiger partial charge in [0.05, 0.1) is 21.8 Å². The van der Waals surface area contributed by atoms with Crippen LogP contribution in [-0.4, -0.2) is 18.7 Å². The van der Waals surface area contributed by atoms with Crippen LogP contribution >= 0.6 is 43.5 Å². The second-order valence-corrected chi connectivity index (χ2v) is 8.95. The van der Waals surface area contributed by atoms with Gasteiger partial charge in [-0.1, -0.05) is 30.7 Å². The molecule has 166 valence electrons. The zero-order chi connectivity index (χ0) is 22.9. The van der Waals surface area contributed by atoms with E-state index in [9.17, 15) is 4.79 Å². The summed E-state index contributed by atoms with van der Waals surface area (Å²) in [6, 6.07) is 18.1. The van der Waals surface area contributed by atoms with E-state index in [1.165, 1.54) is 0 Å². The molecule has 0 aliphatic rings. The molecule has 0 spiro atoms. The van der Waals surface area contributed by atoms with Gasteiger partial charge in [-0.2, -0.15) is 5.10 Å². The van der Waals surface area contributed by atoms with Gasteiger partial charge < -0.3 is 9.47 Å². The maximum Gasteiger partial charge on any atom is 0.271 e. The molecule has 0 aromatic heterocycles. The Morgan fingerprint density at radius 2 is 1.69 bits per heavy atom. The third-order valence-electron chi connectivity index (χ3n) is 4.29. The number of hydrogen-bond donors (Lipinski definition) is 1. The van der Waals surface area contributed by atoms with Crippen molar-refractivity contribution < 1.29 is 14.3 Å². The summed E-state index contributed by atoms with van der Waals surface area (Å²) >= 11 is 13.0. The van der Waals surface area contributed by atoms with Crippen LogP contribution in [0.2, 0.25) is 5.02 Å². The molecule has 0 atom stereocenters. The lowest BCUT2D eigenvalue weighted by Crippen LogP contribution is -2.17. The first-order chi connectivity index (χ1) is 15.5. The van der Waals surface area contributed by atoms with E-state index in [-0.39, 0.29) is 5.91 Å². The Bertz CT molecular complexity index is 1060. The predicted octanol–water partition coefficient (Wildman–Crippen LogP) is 7.00. The summed E-state index contributed by atoms with van der Waals surface area (Å²) in [7, 11) is 0. The highest BCUT2D eigenvalue weighted by molar-refractivity contribution is 9.11. The van der Waals surface area contributed by atoms with Gasteiger partial charge in [-0.15, -0.1) is 0 Å². The standard InChI is InChI=1S/C24H21Br2ClN2O3/c1-2-11-31-20-9-5-18(6-10-20)24(30)29-28-14-17-12-21(25)23(22(26)13-17)32-15-16-3-7-19(27)8-4-16/h3-10,12-14H,2,11,15H2,1H3,(H,29,30)/b28-14+. The molecule has 1 amide bonds. The van der Waals surface area contributed by atoms with E-state index in [2.05, 4.69) is 42.4 Å². The van der Waals surface area contributed by atoms with E-state index in [4.69, 9.17) is 21.1 Å². The largest absolute Gasteiger partial charge is 0.494 e. The number of rotatable bonds is 9. The van der Waals surface area contributed by atoms with Gasteiger partial charge in [-0.3, -0.25) is 4.79 Å². The van der Waals surface area contributed by atoms with Crippen LogP contribution in [0.25, 0.3) is 0 Å². The van der Waals surface area contributed by atoms with E-state index in [0.29, 0.717) is 29.5 Å². The van der Waals surface area contributed by atoms with Crippen LogP contribution in [0.4, 0.5) is 0 Å². The Kier molecular flexibility index (Phi) is 9.14. The Morgan fingerprint density at radius 3 is 2.31 bits per heavy atom. The molecule has 0 saturated heterocycles. The van der Waals surface area contributed by atoms with E-state index >= 15 is 0 Å². The van der Waals surface area contributed by atoms with Crippen LogP contribution < -0.4 is 14.9 Å². The molecule has 5 nitrogen and oxygen atoms in total. The molecular weight excluding hydrogens is 560 g/mol. The minimum atomic E-state index is -0.302. The van der Waals surface area contributed by atoms with Crippen LogP contribution in [0.3, 0.4) is 0 Å². The zero-order valence-electron chi connectivity index (χ0n) is 17.3. The molecule has 0 fully saturated rings. The minimum absolute atomic E-state index is 0.302. The zero-order valence-corrected chi connectivity index (χ0v) is 21.2. The van der Waals surface area contributed by atoms with E-state index in [1.54, 1.807) is 30.5 Å². The summed E-state index contributed by atoms with van der Waals surface area (Å²) in [5, 5.41) is 4.74. The van der Waals surface area contributed by atoms with Gasteiger partial charge in [0.2, 0.25) is 0 Å². The number of benzene rings is 3. The summed E-state index contributed by atoms with van der Waals surface area (Å²) in [4.78, 5) is 12.3. The number of carbonyl (C=O) groups excluding carboxylic acids is 1. The van der Waals surface area contributed by atoms with Crippen molar-refractivity contribution >= 4 is 55.6 Å². The van der Waals surface area contributed by atoms with Gasteiger partial charge in [-0.25, -0.2) is 5.43 Å². The fourth-order valence-corrected chi connectivity index (χ4v) is 4.26. The molecule has 3 rings (SSSR count). The third kappa shape index (κ3) is 7.08. The van der Waals surface area contributed by atoms with Crippen LogP contribution in [-0.2, 0) is 6.61 Å². The van der Waals surface area contributed by atoms with Crippen LogP contribution in [0.1, 0.15) is 34.8 Å². The number of ether oxygens (including phenoxy) is 2. The molecule has 0 saturated carbocycles. The topological polar surface area (TPSA) is 59.9 Å². The third-order valence-corrected chi connectivity index (χ3v) is 5.72. The molecular formula is C24H21Br2ClN2O3. The molecule has 3 aromatic carbocycles. The second kappa shape index (κ2) is 12.0. The van der Waals surface area contributed by atoms with E-state index in [0.717, 1.165) is 32.2 Å². The Balaban J connectivity index is 1.58. The number of hydrogen-bond acceptors (Lipinski definition) is 4. The first kappa shape index (κ1) is 24.3. The van der Waals surface area contributed by atoms with Crippen molar-refractivity contribution in [2.45, 2.75) is 20.0 Å². The molecule has 8 heteroatoms. The van der Waals surface area contributed by atoms with Gasteiger partial charge in [-0.05, 0) is 97.9 Å². The fraction of sp³-hybridized carbons (Fsp3) is 0.167. The van der Waals surface area contributed by atoms with Crippen LogP contribution in [0.5, 0.6) is 11.5 Å². The predicted molar refractivity (Wildman–Crippen MR) is 135 cm³/mol. The SMILES string of the molecule is CCCOc1ccc(C(=O)N/N=C/c2cc(Br)c(OCc3ccc(Cl)cc3)c(Br)c2)cc1. The lowest BCUT2D eigenvalue weighted by atomic mass is 10.2. The van der Waals surface area contributed by atoms with E-state index in [1.807, 2.05) is 43.3 Å². The number of nitrogens with one attached hydrogen (secondary N) is 1. The molecule has 0 aliphatic carbocycles. The van der Waals surface area contributed by atoms with Gasteiger partial charge in [0.15, 0.2) is 0 Å². The van der Waals surface area contributed by atoms with Crippen molar-refractivity contribution in [3.63, 3.8) is 0 Å². The molecule has 0 unspecified atom stereocenters. The Hall–Kier alpha value is -2.35.